The third kappa shape index (κ3) is 5.37. The number of hydrogen-bond donors (Lipinski definition) is 4. The molecule has 1 aromatic rings. The van der Waals surface area contributed by atoms with E-state index < -0.39 is 6.09 Å². The smallest absolute Gasteiger partial charge is 0.404 e. The third-order valence-corrected chi connectivity index (χ3v) is 3.93. The molecule has 0 aromatic heterocycles. The zero-order valence-corrected chi connectivity index (χ0v) is 13.1. The lowest BCUT2D eigenvalue weighted by atomic mass is 10.1. The Hall–Kier alpha value is -1.86. The van der Waals surface area contributed by atoms with E-state index in [2.05, 4.69) is 10.6 Å². The van der Waals surface area contributed by atoms with E-state index in [0.29, 0.717) is 17.9 Å². The Bertz CT molecular complexity index is 541. The quantitative estimate of drug-likeness (QED) is 0.614. The number of halogens is 1. The number of carboxylic acid groups (broad SMARTS) is 1. The molecule has 1 fully saturated rings. The second-order valence-corrected chi connectivity index (χ2v) is 5.85. The molecule has 3 atom stereocenters. The fraction of sp³-hybridized carbons (Fsp3) is 0.562. The molecule has 4 N–H and O–H groups in total. The van der Waals surface area contributed by atoms with Gasteiger partial charge in [0.15, 0.2) is 0 Å². The van der Waals surface area contributed by atoms with Crippen molar-refractivity contribution in [2.45, 2.75) is 51.0 Å². The highest BCUT2D eigenvalue weighted by molar-refractivity contribution is 5.64. The van der Waals surface area contributed by atoms with Crippen LogP contribution in [0.15, 0.2) is 18.2 Å². The van der Waals surface area contributed by atoms with Crippen molar-refractivity contribution in [1.29, 1.82) is 0 Å². The molecule has 0 bridgehead atoms. The summed E-state index contributed by atoms with van der Waals surface area (Å²) in [6.45, 7) is 2.26. The van der Waals surface area contributed by atoms with Crippen LogP contribution in [-0.2, 0) is 6.54 Å². The van der Waals surface area contributed by atoms with Gasteiger partial charge in [-0.05, 0) is 44.4 Å². The zero-order chi connectivity index (χ0) is 16.8. The number of amides is 1. The SMILES string of the molecule is C[C@@H](CNC(=O)O)Oc1ccc(F)cc1CN[C@@H]1CCC[C@@H]1O. The Morgan fingerprint density at radius 3 is 2.91 bits per heavy atom. The summed E-state index contributed by atoms with van der Waals surface area (Å²) in [5.74, 6) is 0.142. The van der Waals surface area contributed by atoms with Gasteiger partial charge in [-0.15, -0.1) is 0 Å². The summed E-state index contributed by atoms with van der Waals surface area (Å²) in [6.07, 6.45) is 0.785. The van der Waals surface area contributed by atoms with Crippen LogP contribution in [0.2, 0.25) is 0 Å². The van der Waals surface area contributed by atoms with Crippen molar-refractivity contribution in [2.24, 2.45) is 0 Å². The lowest BCUT2D eigenvalue weighted by Gasteiger charge is -2.20. The van der Waals surface area contributed by atoms with Crippen molar-refractivity contribution < 1.29 is 24.1 Å². The maximum absolute atomic E-state index is 13.5. The molecule has 0 radical (unpaired) electrons. The first kappa shape index (κ1) is 17.5. The van der Waals surface area contributed by atoms with Gasteiger partial charge in [0.1, 0.15) is 17.7 Å². The number of aliphatic hydroxyl groups is 1. The molecule has 23 heavy (non-hydrogen) atoms. The zero-order valence-electron chi connectivity index (χ0n) is 13.1. The van der Waals surface area contributed by atoms with Crippen LogP contribution in [0.25, 0.3) is 0 Å². The summed E-state index contributed by atoms with van der Waals surface area (Å²) in [6, 6.07) is 4.24. The first-order chi connectivity index (χ1) is 11.0. The van der Waals surface area contributed by atoms with E-state index in [-0.39, 0.29) is 30.6 Å². The van der Waals surface area contributed by atoms with Gasteiger partial charge in [-0.1, -0.05) is 0 Å². The van der Waals surface area contributed by atoms with E-state index in [1.807, 2.05) is 0 Å². The Kier molecular flexibility index (Phi) is 6.18. The molecule has 6 nitrogen and oxygen atoms in total. The summed E-state index contributed by atoms with van der Waals surface area (Å²) < 4.78 is 19.2. The molecule has 0 spiro atoms. The van der Waals surface area contributed by atoms with Gasteiger partial charge in [-0.3, -0.25) is 0 Å². The van der Waals surface area contributed by atoms with Crippen molar-refractivity contribution in [3.63, 3.8) is 0 Å². The highest BCUT2D eigenvalue weighted by atomic mass is 19.1. The maximum atomic E-state index is 13.5. The summed E-state index contributed by atoms with van der Waals surface area (Å²) >= 11 is 0. The first-order valence-corrected chi connectivity index (χ1v) is 7.79. The van der Waals surface area contributed by atoms with Gasteiger partial charge >= 0.3 is 6.09 Å². The van der Waals surface area contributed by atoms with Crippen molar-refractivity contribution in [2.75, 3.05) is 6.54 Å². The molecule has 1 aliphatic rings. The van der Waals surface area contributed by atoms with Crippen molar-refractivity contribution in [3.8, 4) is 5.75 Å². The normalized spacial score (nSPS) is 21.9. The number of carbonyl (C=O) groups is 1. The Morgan fingerprint density at radius 2 is 2.26 bits per heavy atom. The molecule has 7 heteroatoms. The molecular formula is C16H23FN2O4. The van der Waals surface area contributed by atoms with E-state index >= 15 is 0 Å². The fourth-order valence-corrected chi connectivity index (χ4v) is 2.71. The van der Waals surface area contributed by atoms with Gasteiger partial charge in [-0.2, -0.15) is 0 Å². The molecule has 0 heterocycles. The van der Waals surface area contributed by atoms with Crippen LogP contribution >= 0.6 is 0 Å². The number of hydrogen-bond acceptors (Lipinski definition) is 4. The predicted octanol–water partition coefficient (Wildman–Crippen LogP) is 1.86. The van der Waals surface area contributed by atoms with Gasteiger partial charge < -0.3 is 25.6 Å². The average molecular weight is 326 g/mol. The minimum absolute atomic E-state index is 0.0113. The standard InChI is InChI=1S/C16H23FN2O4/c1-10(8-19-16(21)22)23-15-6-5-12(17)7-11(15)9-18-13-3-2-4-14(13)20/h5-7,10,13-14,18-20H,2-4,8-9H2,1H3,(H,21,22)/t10-,13+,14-/m0/s1. The summed E-state index contributed by atoms with van der Waals surface area (Å²) in [5.41, 5.74) is 0.645. The summed E-state index contributed by atoms with van der Waals surface area (Å²) in [7, 11) is 0. The molecular weight excluding hydrogens is 303 g/mol. The number of benzene rings is 1. The molecule has 0 unspecified atom stereocenters. The van der Waals surface area contributed by atoms with Crippen LogP contribution < -0.4 is 15.4 Å². The molecule has 1 amide bonds. The van der Waals surface area contributed by atoms with Gasteiger partial charge in [0.2, 0.25) is 0 Å². The van der Waals surface area contributed by atoms with E-state index in [4.69, 9.17) is 9.84 Å². The highest BCUT2D eigenvalue weighted by Gasteiger charge is 2.24. The van der Waals surface area contributed by atoms with Crippen molar-refractivity contribution in [1.82, 2.24) is 10.6 Å². The van der Waals surface area contributed by atoms with Crippen LogP contribution in [0.1, 0.15) is 31.7 Å². The van der Waals surface area contributed by atoms with E-state index in [9.17, 15) is 14.3 Å². The predicted molar refractivity (Wildman–Crippen MR) is 83.0 cm³/mol. The van der Waals surface area contributed by atoms with E-state index in [1.54, 1.807) is 6.92 Å². The molecule has 0 saturated heterocycles. The van der Waals surface area contributed by atoms with Gasteiger partial charge in [0.05, 0.1) is 12.6 Å². The number of ether oxygens (including phenoxy) is 1. The van der Waals surface area contributed by atoms with E-state index in [1.165, 1.54) is 18.2 Å². The second-order valence-electron chi connectivity index (χ2n) is 5.85. The average Bonchev–Trinajstić information content (AvgIpc) is 2.90. The molecule has 1 aliphatic carbocycles. The molecule has 1 aromatic carbocycles. The molecule has 0 aliphatic heterocycles. The van der Waals surface area contributed by atoms with Gasteiger partial charge in [0, 0.05) is 18.2 Å². The monoisotopic (exact) mass is 326 g/mol. The maximum Gasteiger partial charge on any atom is 0.404 e. The minimum Gasteiger partial charge on any atom is -0.489 e. The van der Waals surface area contributed by atoms with Crippen LogP contribution in [0.5, 0.6) is 5.75 Å². The molecule has 128 valence electrons. The van der Waals surface area contributed by atoms with Crippen LogP contribution in [0.4, 0.5) is 9.18 Å². The fourth-order valence-electron chi connectivity index (χ4n) is 2.71. The summed E-state index contributed by atoms with van der Waals surface area (Å²) in [5, 5.41) is 23.9. The number of rotatable bonds is 7. The number of aliphatic hydroxyl groups excluding tert-OH is 1. The Morgan fingerprint density at radius 1 is 1.48 bits per heavy atom. The van der Waals surface area contributed by atoms with E-state index in [0.717, 1.165) is 19.3 Å². The Balaban J connectivity index is 1.97. The topological polar surface area (TPSA) is 90.8 Å². The van der Waals surface area contributed by atoms with Crippen molar-refractivity contribution in [3.05, 3.63) is 29.6 Å². The Labute approximate surface area is 134 Å². The van der Waals surface area contributed by atoms with Crippen LogP contribution in [0.3, 0.4) is 0 Å². The largest absolute Gasteiger partial charge is 0.489 e. The number of nitrogens with one attached hydrogen (secondary N) is 2. The van der Waals surface area contributed by atoms with Crippen LogP contribution in [0, 0.1) is 5.82 Å². The first-order valence-electron chi connectivity index (χ1n) is 7.79. The molecule has 2 rings (SSSR count). The van der Waals surface area contributed by atoms with Gasteiger partial charge in [-0.25, -0.2) is 9.18 Å². The summed E-state index contributed by atoms with van der Waals surface area (Å²) in [4.78, 5) is 10.5. The molecule has 1 saturated carbocycles. The minimum atomic E-state index is -1.11. The second kappa shape index (κ2) is 8.12. The van der Waals surface area contributed by atoms with Crippen molar-refractivity contribution >= 4 is 6.09 Å². The highest BCUT2D eigenvalue weighted by Crippen LogP contribution is 2.23. The van der Waals surface area contributed by atoms with Crippen LogP contribution in [-0.4, -0.2) is 41.1 Å². The van der Waals surface area contributed by atoms with Gasteiger partial charge in [0.25, 0.3) is 0 Å². The lowest BCUT2D eigenvalue weighted by molar-refractivity contribution is 0.148. The lowest BCUT2D eigenvalue weighted by Crippen LogP contribution is -2.35. The third-order valence-electron chi connectivity index (χ3n) is 3.93.